The third-order valence-corrected chi connectivity index (χ3v) is 3.50. The maximum absolute atomic E-state index is 9.52. The van der Waals surface area contributed by atoms with Crippen molar-refractivity contribution in [3.8, 4) is 6.07 Å². The fourth-order valence-electron chi connectivity index (χ4n) is 2.35. The highest BCUT2D eigenvalue weighted by molar-refractivity contribution is 6.30. The van der Waals surface area contributed by atoms with Gasteiger partial charge in [0, 0.05) is 24.9 Å². The highest BCUT2D eigenvalue weighted by atomic mass is 35.5. The lowest BCUT2D eigenvalue weighted by Crippen LogP contribution is -2.12. The van der Waals surface area contributed by atoms with E-state index < -0.39 is 0 Å². The molecule has 0 aliphatic rings. The van der Waals surface area contributed by atoms with E-state index in [0.717, 1.165) is 11.1 Å². The summed E-state index contributed by atoms with van der Waals surface area (Å²) in [6.45, 7) is 0.0161. The Morgan fingerprint density at radius 3 is 2.55 bits per heavy atom. The van der Waals surface area contributed by atoms with Crippen LogP contribution in [0.25, 0.3) is 0 Å². The molecule has 0 radical (unpaired) electrons. The molecule has 0 unspecified atom stereocenters. The standard InChI is InChI=1S/C16H15ClN2O/c17-14-8-13(10-19-11-14)15(6-7-20)16(9-18)12-4-2-1-3-5-12/h1-5,8,10-11,15-16,20H,6-7H2/t15-,16-/m1/s1. The smallest absolute Gasteiger partial charge is 0.0782 e. The largest absolute Gasteiger partial charge is 0.396 e. The van der Waals surface area contributed by atoms with Gasteiger partial charge in [0.1, 0.15) is 0 Å². The number of aromatic nitrogens is 1. The van der Waals surface area contributed by atoms with Crippen LogP contribution in [0.3, 0.4) is 0 Å². The van der Waals surface area contributed by atoms with Crippen LogP contribution in [-0.4, -0.2) is 16.7 Å². The monoisotopic (exact) mass is 286 g/mol. The lowest BCUT2D eigenvalue weighted by molar-refractivity contribution is 0.272. The molecule has 0 aliphatic carbocycles. The predicted molar refractivity (Wildman–Crippen MR) is 78.5 cm³/mol. The molecular weight excluding hydrogens is 272 g/mol. The van der Waals surface area contributed by atoms with Crippen LogP contribution in [0.2, 0.25) is 5.02 Å². The van der Waals surface area contributed by atoms with Crippen LogP contribution in [0.1, 0.15) is 29.4 Å². The Hall–Kier alpha value is -1.89. The summed E-state index contributed by atoms with van der Waals surface area (Å²) < 4.78 is 0. The summed E-state index contributed by atoms with van der Waals surface area (Å²) in [5, 5.41) is 19.4. The third-order valence-electron chi connectivity index (χ3n) is 3.29. The quantitative estimate of drug-likeness (QED) is 0.915. The zero-order valence-electron chi connectivity index (χ0n) is 10.9. The molecule has 2 aromatic rings. The number of hydrogen-bond donors (Lipinski definition) is 1. The van der Waals surface area contributed by atoms with Crippen LogP contribution in [0.15, 0.2) is 48.8 Å². The lowest BCUT2D eigenvalue weighted by Gasteiger charge is -2.22. The summed E-state index contributed by atoms with van der Waals surface area (Å²) in [6.07, 6.45) is 3.76. The maximum atomic E-state index is 9.52. The van der Waals surface area contributed by atoms with E-state index in [1.54, 1.807) is 12.4 Å². The number of nitriles is 1. The number of aliphatic hydroxyl groups is 1. The second-order valence-corrected chi connectivity index (χ2v) is 5.01. The third kappa shape index (κ3) is 3.36. The fourth-order valence-corrected chi connectivity index (χ4v) is 2.54. The molecule has 0 amide bonds. The number of hydrogen-bond acceptors (Lipinski definition) is 3. The van der Waals surface area contributed by atoms with Crippen LogP contribution in [-0.2, 0) is 0 Å². The number of rotatable bonds is 5. The van der Waals surface area contributed by atoms with Crippen molar-refractivity contribution in [3.63, 3.8) is 0 Å². The van der Waals surface area contributed by atoms with Crippen LogP contribution in [0, 0.1) is 11.3 Å². The van der Waals surface area contributed by atoms with Crippen LogP contribution < -0.4 is 0 Å². The van der Waals surface area contributed by atoms with E-state index in [4.69, 9.17) is 11.6 Å². The zero-order chi connectivity index (χ0) is 14.4. The summed E-state index contributed by atoms with van der Waals surface area (Å²) in [5.41, 5.74) is 1.82. The first-order valence-electron chi connectivity index (χ1n) is 6.42. The molecule has 4 heteroatoms. The van der Waals surface area contributed by atoms with Gasteiger partial charge in [-0.1, -0.05) is 41.9 Å². The van der Waals surface area contributed by atoms with E-state index in [2.05, 4.69) is 11.1 Å². The molecular formula is C16H15ClN2O. The van der Waals surface area contributed by atoms with Crippen molar-refractivity contribution >= 4 is 11.6 Å². The first kappa shape index (κ1) is 14.5. The molecule has 1 aromatic heterocycles. The van der Waals surface area contributed by atoms with E-state index in [1.807, 2.05) is 36.4 Å². The Morgan fingerprint density at radius 2 is 1.95 bits per heavy atom. The molecule has 0 bridgehead atoms. The number of benzene rings is 1. The van der Waals surface area contributed by atoms with Gasteiger partial charge in [0.2, 0.25) is 0 Å². The lowest BCUT2D eigenvalue weighted by atomic mass is 9.81. The molecule has 0 saturated heterocycles. The highest BCUT2D eigenvalue weighted by Gasteiger charge is 2.24. The van der Waals surface area contributed by atoms with Crippen molar-refractivity contribution in [2.45, 2.75) is 18.3 Å². The first-order chi connectivity index (χ1) is 9.76. The van der Waals surface area contributed by atoms with Crippen LogP contribution >= 0.6 is 11.6 Å². The molecule has 3 nitrogen and oxygen atoms in total. The second-order valence-electron chi connectivity index (χ2n) is 4.57. The van der Waals surface area contributed by atoms with Gasteiger partial charge in [-0.05, 0) is 23.6 Å². The predicted octanol–water partition coefficient (Wildman–Crippen LogP) is 3.51. The van der Waals surface area contributed by atoms with Crippen LogP contribution in [0.5, 0.6) is 0 Å². The number of aliphatic hydroxyl groups excluding tert-OH is 1. The Kier molecular flexibility index (Phi) is 5.11. The molecule has 1 heterocycles. The molecule has 0 saturated carbocycles. The fraction of sp³-hybridized carbons (Fsp3) is 0.250. The summed E-state index contributed by atoms with van der Waals surface area (Å²) in [7, 11) is 0. The minimum atomic E-state index is -0.330. The van der Waals surface area contributed by atoms with Crippen molar-refractivity contribution in [1.29, 1.82) is 5.26 Å². The molecule has 0 fully saturated rings. The molecule has 0 aliphatic heterocycles. The SMILES string of the molecule is N#C[C@H](c1ccccc1)[C@H](CCO)c1cncc(Cl)c1. The van der Waals surface area contributed by atoms with Gasteiger partial charge >= 0.3 is 0 Å². The molecule has 2 atom stereocenters. The van der Waals surface area contributed by atoms with Crippen molar-refractivity contribution in [3.05, 3.63) is 64.9 Å². The van der Waals surface area contributed by atoms with E-state index in [0.29, 0.717) is 11.4 Å². The molecule has 2 rings (SSSR count). The normalized spacial score (nSPS) is 13.4. The van der Waals surface area contributed by atoms with Gasteiger partial charge in [0.05, 0.1) is 17.0 Å². The Labute approximate surface area is 123 Å². The minimum absolute atomic E-state index is 0.0161. The van der Waals surface area contributed by atoms with Crippen molar-refractivity contribution in [2.24, 2.45) is 0 Å². The first-order valence-corrected chi connectivity index (χ1v) is 6.80. The minimum Gasteiger partial charge on any atom is -0.396 e. The maximum Gasteiger partial charge on any atom is 0.0782 e. The summed E-state index contributed by atoms with van der Waals surface area (Å²) in [6, 6.07) is 13.7. The van der Waals surface area contributed by atoms with E-state index in [1.165, 1.54) is 0 Å². The summed E-state index contributed by atoms with van der Waals surface area (Å²) in [5.74, 6) is -0.456. The molecule has 20 heavy (non-hydrogen) atoms. The molecule has 1 aromatic carbocycles. The molecule has 0 spiro atoms. The average molecular weight is 287 g/mol. The van der Waals surface area contributed by atoms with Crippen molar-refractivity contribution in [2.75, 3.05) is 6.61 Å². The second kappa shape index (κ2) is 7.04. The van der Waals surface area contributed by atoms with Gasteiger partial charge in [-0.2, -0.15) is 5.26 Å². The van der Waals surface area contributed by atoms with Gasteiger partial charge in [0.25, 0.3) is 0 Å². The van der Waals surface area contributed by atoms with Gasteiger partial charge in [-0.25, -0.2) is 0 Å². The molecule has 1 N–H and O–H groups in total. The topological polar surface area (TPSA) is 56.9 Å². The number of pyridine rings is 1. The van der Waals surface area contributed by atoms with E-state index >= 15 is 0 Å². The Balaban J connectivity index is 2.39. The van der Waals surface area contributed by atoms with Crippen LogP contribution in [0.4, 0.5) is 0 Å². The Bertz CT molecular complexity index is 595. The molecule has 102 valence electrons. The number of nitrogens with zero attached hydrogens (tertiary/aromatic N) is 2. The summed E-state index contributed by atoms with van der Waals surface area (Å²) in [4.78, 5) is 4.07. The van der Waals surface area contributed by atoms with Gasteiger partial charge in [-0.15, -0.1) is 0 Å². The zero-order valence-corrected chi connectivity index (χ0v) is 11.7. The van der Waals surface area contributed by atoms with Gasteiger partial charge in [-0.3, -0.25) is 4.98 Å². The Morgan fingerprint density at radius 1 is 1.20 bits per heavy atom. The highest BCUT2D eigenvalue weighted by Crippen LogP contribution is 2.35. The van der Waals surface area contributed by atoms with Gasteiger partial charge in [0.15, 0.2) is 0 Å². The summed E-state index contributed by atoms with van der Waals surface area (Å²) >= 11 is 5.98. The van der Waals surface area contributed by atoms with E-state index in [9.17, 15) is 10.4 Å². The van der Waals surface area contributed by atoms with Crippen molar-refractivity contribution in [1.82, 2.24) is 4.98 Å². The van der Waals surface area contributed by atoms with Crippen molar-refractivity contribution < 1.29 is 5.11 Å². The average Bonchev–Trinajstić information content (AvgIpc) is 2.48. The number of halogens is 1. The van der Waals surface area contributed by atoms with E-state index in [-0.39, 0.29) is 18.4 Å². The van der Waals surface area contributed by atoms with Gasteiger partial charge < -0.3 is 5.11 Å².